The third-order valence-corrected chi connectivity index (χ3v) is 4.49. The zero-order valence-electron chi connectivity index (χ0n) is 14.0. The Labute approximate surface area is 143 Å². The van der Waals surface area contributed by atoms with Gasteiger partial charge in [-0.25, -0.2) is 14.1 Å². The molecule has 8 nitrogen and oxygen atoms in total. The minimum Gasteiger partial charge on any atom is -0.377 e. The number of nitrogens with zero attached hydrogens (tertiary/aromatic N) is 5. The number of methoxy groups -OCH3 is 1. The Morgan fingerprint density at radius 3 is 3.08 bits per heavy atom. The molecule has 2 aromatic heterocycles. The average Bonchev–Trinajstić information content (AvgIpc) is 3.32. The van der Waals surface area contributed by atoms with Gasteiger partial charge in [0.1, 0.15) is 23.4 Å². The Morgan fingerprint density at radius 2 is 2.28 bits per heavy atom. The predicted octanol–water partition coefficient (Wildman–Crippen LogP) is 1.50. The van der Waals surface area contributed by atoms with E-state index in [9.17, 15) is 4.39 Å². The first-order valence-corrected chi connectivity index (χ1v) is 8.03. The molecule has 25 heavy (non-hydrogen) atoms. The van der Waals surface area contributed by atoms with Crippen LogP contribution in [-0.2, 0) is 23.1 Å². The summed E-state index contributed by atoms with van der Waals surface area (Å²) in [7, 11) is 3.50. The molecule has 2 atom stereocenters. The molecule has 3 aromatic rings. The minimum absolute atomic E-state index is 0.0228. The van der Waals surface area contributed by atoms with Gasteiger partial charge in [0.15, 0.2) is 5.82 Å². The summed E-state index contributed by atoms with van der Waals surface area (Å²) in [6.07, 6.45) is 1.84. The maximum atomic E-state index is 13.8. The van der Waals surface area contributed by atoms with Gasteiger partial charge in [0.05, 0.1) is 31.5 Å². The molecule has 0 amide bonds. The molecule has 1 aliphatic rings. The lowest BCUT2D eigenvalue weighted by atomic mass is 10.2. The molecule has 0 radical (unpaired) electrons. The molecule has 1 N–H and O–H groups in total. The van der Waals surface area contributed by atoms with Crippen LogP contribution in [0, 0.1) is 5.82 Å². The number of fused-ring (bicyclic) bond motifs is 1. The molecule has 9 heteroatoms. The summed E-state index contributed by atoms with van der Waals surface area (Å²) in [5.41, 5.74) is 1.84. The summed E-state index contributed by atoms with van der Waals surface area (Å²) >= 11 is 0. The van der Waals surface area contributed by atoms with Crippen LogP contribution in [0.3, 0.4) is 0 Å². The molecule has 0 bridgehead atoms. The first-order chi connectivity index (χ1) is 12.2. The van der Waals surface area contributed by atoms with Crippen LogP contribution in [0.1, 0.15) is 11.7 Å². The highest BCUT2D eigenvalue weighted by atomic mass is 19.1. The molecule has 0 spiro atoms. The van der Waals surface area contributed by atoms with Crippen molar-refractivity contribution >= 4 is 17.0 Å². The van der Waals surface area contributed by atoms with Crippen molar-refractivity contribution in [2.75, 3.05) is 25.6 Å². The van der Waals surface area contributed by atoms with E-state index in [2.05, 4.69) is 20.6 Å². The van der Waals surface area contributed by atoms with E-state index >= 15 is 0 Å². The average molecular weight is 346 g/mol. The molecule has 1 aromatic carbocycles. The van der Waals surface area contributed by atoms with Crippen molar-refractivity contribution in [3.8, 4) is 0 Å². The fourth-order valence-electron chi connectivity index (χ4n) is 3.06. The number of imidazole rings is 1. The Hall–Kier alpha value is -2.52. The molecule has 0 aliphatic carbocycles. The van der Waals surface area contributed by atoms with Crippen molar-refractivity contribution in [1.82, 2.24) is 24.5 Å². The van der Waals surface area contributed by atoms with E-state index in [1.165, 1.54) is 6.07 Å². The number of halogens is 1. The smallest absolute Gasteiger partial charge is 0.204 e. The van der Waals surface area contributed by atoms with Crippen LogP contribution in [0.15, 0.2) is 24.4 Å². The number of ether oxygens (including phenoxy) is 2. The van der Waals surface area contributed by atoms with Gasteiger partial charge in [0.25, 0.3) is 0 Å². The van der Waals surface area contributed by atoms with Crippen molar-refractivity contribution in [3.63, 3.8) is 0 Å². The lowest BCUT2D eigenvalue weighted by Crippen LogP contribution is -2.24. The Morgan fingerprint density at radius 1 is 1.40 bits per heavy atom. The van der Waals surface area contributed by atoms with Gasteiger partial charge in [0, 0.05) is 14.2 Å². The van der Waals surface area contributed by atoms with Gasteiger partial charge in [0.2, 0.25) is 5.95 Å². The third kappa shape index (κ3) is 2.85. The van der Waals surface area contributed by atoms with Gasteiger partial charge >= 0.3 is 0 Å². The summed E-state index contributed by atoms with van der Waals surface area (Å²) in [5.74, 6) is 0.243. The maximum Gasteiger partial charge on any atom is 0.204 e. The molecule has 132 valence electrons. The molecule has 1 aliphatic heterocycles. The van der Waals surface area contributed by atoms with Crippen molar-refractivity contribution in [1.29, 1.82) is 0 Å². The Bertz CT molecular complexity index is 892. The molecule has 3 heterocycles. The van der Waals surface area contributed by atoms with Crippen molar-refractivity contribution < 1.29 is 13.9 Å². The van der Waals surface area contributed by atoms with E-state index in [0.717, 1.165) is 11.2 Å². The Balaban J connectivity index is 1.49. The largest absolute Gasteiger partial charge is 0.377 e. The molecule has 4 rings (SSSR count). The molecular formula is C16H19FN6O2. The molecule has 1 saturated heterocycles. The van der Waals surface area contributed by atoms with Gasteiger partial charge in [-0.15, -0.1) is 5.10 Å². The standard InChI is InChI=1S/C16H19FN6O2/c1-22-12-5-3-4-11(17)15(12)19-16(22)18-6-10-7-23(21-20-10)13-8-25-9-14(13)24-2/h3-5,7,13-14H,6,8-9H2,1-2H3,(H,18,19)/t13-,14-/m1/s1. The highest BCUT2D eigenvalue weighted by Gasteiger charge is 2.30. The number of hydrogen-bond acceptors (Lipinski definition) is 6. The summed E-state index contributed by atoms with van der Waals surface area (Å²) in [4.78, 5) is 4.32. The molecule has 1 fully saturated rings. The number of para-hydroxylation sites is 1. The molecule has 0 saturated carbocycles. The second kappa shape index (κ2) is 6.41. The number of aryl methyl sites for hydroxylation is 1. The topological polar surface area (TPSA) is 79.0 Å². The van der Waals surface area contributed by atoms with Gasteiger partial charge < -0.3 is 19.4 Å². The Kier molecular flexibility index (Phi) is 4.10. The van der Waals surface area contributed by atoms with Crippen LogP contribution >= 0.6 is 0 Å². The first kappa shape index (κ1) is 16.0. The van der Waals surface area contributed by atoms with Crippen LogP contribution in [0.5, 0.6) is 0 Å². The highest BCUT2D eigenvalue weighted by Crippen LogP contribution is 2.22. The fourth-order valence-corrected chi connectivity index (χ4v) is 3.06. The quantitative estimate of drug-likeness (QED) is 0.754. The minimum atomic E-state index is -0.334. The van der Waals surface area contributed by atoms with Gasteiger partial charge in [-0.3, -0.25) is 0 Å². The predicted molar refractivity (Wildman–Crippen MR) is 88.7 cm³/mol. The number of aromatic nitrogens is 5. The summed E-state index contributed by atoms with van der Waals surface area (Å²) in [5, 5.41) is 11.5. The molecular weight excluding hydrogens is 327 g/mol. The van der Waals surface area contributed by atoms with E-state index in [1.807, 2.05) is 23.9 Å². The van der Waals surface area contributed by atoms with Crippen molar-refractivity contribution in [2.24, 2.45) is 7.05 Å². The van der Waals surface area contributed by atoms with Crippen molar-refractivity contribution in [2.45, 2.75) is 18.7 Å². The number of benzene rings is 1. The highest BCUT2D eigenvalue weighted by molar-refractivity contribution is 5.79. The second-order valence-electron chi connectivity index (χ2n) is 6.02. The van der Waals surface area contributed by atoms with Crippen LogP contribution in [-0.4, -0.2) is 51.0 Å². The van der Waals surface area contributed by atoms with E-state index in [4.69, 9.17) is 9.47 Å². The van der Waals surface area contributed by atoms with E-state index in [-0.39, 0.29) is 18.0 Å². The van der Waals surface area contributed by atoms with Gasteiger partial charge in [-0.05, 0) is 12.1 Å². The van der Waals surface area contributed by atoms with E-state index < -0.39 is 0 Å². The summed E-state index contributed by atoms with van der Waals surface area (Å²) in [6, 6.07) is 4.93. The SMILES string of the molecule is CO[C@@H]1COC[C@H]1n1cc(CNc2nc3c(F)cccc3n2C)nn1. The molecule has 0 unspecified atom stereocenters. The zero-order chi connectivity index (χ0) is 17.4. The maximum absolute atomic E-state index is 13.8. The third-order valence-electron chi connectivity index (χ3n) is 4.49. The number of hydrogen-bond donors (Lipinski definition) is 1. The lowest BCUT2D eigenvalue weighted by molar-refractivity contribution is 0.0661. The normalized spacial score (nSPS) is 20.4. The van der Waals surface area contributed by atoms with Gasteiger partial charge in [-0.2, -0.15) is 0 Å². The summed E-state index contributed by atoms with van der Waals surface area (Å²) in [6.45, 7) is 1.54. The van der Waals surface area contributed by atoms with Crippen molar-refractivity contribution in [3.05, 3.63) is 35.9 Å². The van der Waals surface area contributed by atoms with Crippen LogP contribution in [0.25, 0.3) is 11.0 Å². The summed E-state index contributed by atoms with van der Waals surface area (Å²) < 4.78 is 28.3. The lowest BCUT2D eigenvalue weighted by Gasteiger charge is -2.15. The first-order valence-electron chi connectivity index (χ1n) is 8.03. The number of rotatable bonds is 5. The van der Waals surface area contributed by atoms with Crippen LogP contribution in [0.4, 0.5) is 10.3 Å². The van der Waals surface area contributed by atoms with E-state index in [0.29, 0.717) is 31.2 Å². The van der Waals surface area contributed by atoms with Crippen LogP contribution in [0.2, 0.25) is 0 Å². The van der Waals surface area contributed by atoms with E-state index in [1.54, 1.807) is 17.9 Å². The number of anilines is 1. The fraction of sp³-hybridized carbons (Fsp3) is 0.438. The second-order valence-corrected chi connectivity index (χ2v) is 6.02. The monoisotopic (exact) mass is 346 g/mol. The van der Waals surface area contributed by atoms with Gasteiger partial charge in [-0.1, -0.05) is 11.3 Å². The van der Waals surface area contributed by atoms with Crippen LogP contribution < -0.4 is 5.32 Å². The number of nitrogens with one attached hydrogen (secondary N) is 1. The zero-order valence-corrected chi connectivity index (χ0v) is 14.0.